The predicted molar refractivity (Wildman–Crippen MR) is 104 cm³/mol. The zero-order valence-corrected chi connectivity index (χ0v) is 15.8. The van der Waals surface area contributed by atoms with Gasteiger partial charge in [-0.15, -0.1) is 0 Å². The van der Waals surface area contributed by atoms with E-state index >= 15 is 0 Å². The first-order valence-corrected chi connectivity index (χ1v) is 9.01. The fraction of sp³-hybridized carbons (Fsp3) is 0.238. The van der Waals surface area contributed by atoms with E-state index in [-0.39, 0.29) is 29.4 Å². The van der Waals surface area contributed by atoms with E-state index in [9.17, 15) is 19.8 Å². The number of carbonyl (C=O) groups is 2. The summed E-state index contributed by atoms with van der Waals surface area (Å²) in [5.74, 6) is -1.29. The molecule has 1 unspecified atom stereocenters. The van der Waals surface area contributed by atoms with Crippen molar-refractivity contribution in [3.05, 3.63) is 70.4 Å². The van der Waals surface area contributed by atoms with Crippen molar-refractivity contribution >= 4 is 29.0 Å². The van der Waals surface area contributed by atoms with Gasteiger partial charge in [0, 0.05) is 17.1 Å². The lowest BCUT2D eigenvalue weighted by Crippen LogP contribution is -2.31. The van der Waals surface area contributed by atoms with Gasteiger partial charge >= 0.3 is 0 Å². The average molecular weight is 386 g/mol. The monoisotopic (exact) mass is 385 g/mol. The number of benzene rings is 2. The van der Waals surface area contributed by atoms with Crippen molar-refractivity contribution in [1.82, 2.24) is 0 Å². The van der Waals surface area contributed by atoms with Gasteiger partial charge in [0.25, 0.3) is 5.91 Å². The number of aliphatic hydroxyl groups is 1. The van der Waals surface area contributed by atoms with E-state index in [1.54, 1.807) is 36.4 Å². The summed E-state index contributed by atoms with van der Waals surface area (Å²) < 4.78 is 0. The first kappa shape index (κ1) is 19.0. The lowest BCUT2D eigenvalue weighted by molar-refractivity contribution is -0.118. The molecular weight excluding hydrogens is 366 g/mol. The summed E-state index contributed by atoms with van der Waals surface area (Å²) in [6, 6.07) is 12.1. The van der Waals surface area contributed by atoms with E-state index in [0.29, 0.717) is 16.3 Å². The highest BCUT2D eigenvalue weighted by molar-refractivity contribution is 6.30. The van der Waals surface area contributed by atoms with Gasteiger partial charge in [-0.1, -0.05) is 37.6 Å². The Morgan fingerprint density at radius 3 is 2.22 bits per heavy atom. The largest absolute Gasteiger partial charge is 0.508 e. The molecule has 0 aromatic heterocycles. The SMILES string of the molecule is CC(C)CC(=O)C1=C(O)C(=O)N(c2ccc(Cl)cc2)C1c1ccc(O)cc1. The van der Waals surface area contributed by atoms with Crippen LogP contribution in [-0.4, -0.2) is 21.9 Å². The molecule has 140 valence electrons. The molecule has 1 atom stereocenters. The van der Waals surface area contributed by atoms with Crippen molar-refractivity contribution in [3.63, 3.8) is 0 Å². The summed E-state index contributed by atoms with van der Waals surface area (Å²) >= 11 is 5.95. The van der Waals surface area contributed by atoms with Crippen LogP contribution < -0.4 is 4.90 Å². The van der Waals surface area contributed by atoms with E-state index in [2.05, 4.69) is 0 Å². The quantitative estimate of drug-likeness (QED) is 0.790. The predicted octanol–water partition coefficient (Wildman–Crippen LogP) is 4.56. The molecule has 0 spiro atoms. The number of Topliss-reactive ketones (excluding diaryl/α,β-unsaturated/α-hetero) is 1. The van der Waals surface area contributed by atoms with E-state index in [1.807, 2.05) is 13.8 Å². The topological polar surface area (TPSA) is 77.8 Å². The van der Waals surface area contributed by atoms with Gasteiger partial charge < -0.3 is 10.2 Å². The number of rotatable bonds is 5. The minimum atomic E-state index is -0.773. The smallest absolute Gasteiger partial charge is 0.294 e. The van der Waals surface area contributed by atoms with E-state index < -0.39 is 17.7 Å². The molecule has 1 amide bonds. The normalized spacial score (nSPS) is 17.1. The van der Waals surface area contributed by atoms with Crippen LogP contribution in [-0.2, 0) is 9.59 Å². The summed E-state index contributed by atoms with van der Waals surface area (Å²) in [5.41, 5.74) is 1.21. The number of phenols is 1. The number of phenolic OH excluding ortho intramolecular Hbond substituents is 1. The number of ketones is 1. The zero-order valence-electron chi connectivity index (χ0n) is 15.0. The molecule has 6 heteroatoms. The van der Waals surface area contributed by atoms with Crippen LogP contribution >= 0.6 is 11.6 Å². The fourth-order valence-electron chi connectivity index (χ4n) is 3.21. The Balaban J connectivity index is 2.13. The van der Waals surface area contributed by atoms with Gasteiger partial charge in [-0.2, -0.15) is 0 Å². The molecule has 1 aliphatic rings. The third kappa shape index (κ3) is 3.69. The Bertz CT molecular complexity index is 901. The van der Waals surface area contributed by atoms with Gasteiger partial charge in [0.05, 0.1) is 11.6 Å². The lowest BCUT2D eigenvalue weighted by Gasteiger charge is -2.27. The number of halogens is 1. The number of nitrogens with zero attached hydrogens (tertiary/aromatic N) is 1. The molecule has 2 N–H and O–H groups in total. The second kappa shape index (κ2) is 7.45. The van der Waals surface area contributed by atoms with Crippen LogP contribution in [0.1, 0.15) is 31.9 Å². The van der Waals surface area contributed by atoms with Crippen molar-refractivity contribution in [2.75, 3.05) is 4.90 Å². The molecule has 0 bridgehead atoms. The number of amides is 1. The molecule has 0 saturated carbocycles. The van der Waals surface area contributed by atoms with Gasteiger partial charge in [-0.3, -0.25) is 14.5 Å². The lowest BCUT2D eigenvalue weighted by atomic mass is 9.92. The summed E-state index contributed by atoms with van der Waals surface area (Å²) in [6.07, 6.45) is 0.218. The Morgan fingerprint density at radius 2 is 1.67 bits per heavy atom. The Labute approximate surface area is 162 Å². The van der Waals surface area contributed by atoms with Crippen LogP contribution in [0.3, 0.4) is 0 Å². The fourth-order valence-corrected chi connectivity index (χ4v) is 3.34. The molecule has 0 saturated heterocycles. The summed E-state index contributed by atoms with van der Waals surface area (Å²) in [5, 5.41) is 20.6. The molecule has 0 aliphatic carbocycles. The van der Waals surface area contributed by atoms with Gasteiger partial charge in [0.15, 0.2) is 11.5 Å². The second-order valence-corrected chi connectivity index (χ2v) is 7.37. The van der Waals surface area contributed by atoms with Gasteiger partial charge in [-0.25, -0.2) is 0 Å². The third-order valence-electron chi connectivity index (χ3n) is 4.42. The minimum absolute atomic E-state index is 0.0735. The molecule has 27 heavy (non-hydrogen) atoms. The standard InChI is InChI=1S/C21H20ClNO4/c1-12(2)11-17(25)18-19(13-3-9-16(24)10-4-13)23(21(27)20(18)26)15-7-5-14(22)6-8-15/h3-10,12,19,24,26H,11H2,1-2H3. The minimum Gasteiger partial charge on any atom is -0.508 e. The zero-order chi connectivity index (χ0) is 19.7. The van der Waals surface area contributed by atoms with Crippen LogP contribution in [0.15, 0.2) is 59.9 Å². The van der Waals surface area contributed by atoms with Crippen LogP contribution in [0, 0.1) is 5.92 Å². The van der Waals surface area contributed by atoms with E-state index in [0.717, 1.165) is 0 Å². The van der Waals surface area contributed by atoms with Gasteiger partial charge in [-0.05, 0) is 47.9 Å². The van der Waals surface area contributed by atoms with Crippen LogP contribution in [0.25, 0.3) is 0 Å². The first-order chi connectivity index (χ1) is 12.8. The summed E-state index contributed by atoms with van der Waals surface area (Å²) in [6.45, 7) is 3.80. The third-order valence-corrected chi connectivity index (χ3v) is 4.67. The maximum atomic E-state index is 12.8. The Morgan fingerprint density at radius 1 is 1.07 bits per heavy atom. The van der Waals surface area contributed by atoms with Gasteiger partial charge in [0.1, 0.15) is 5.75 Å². The number of aliphatic hydroxyl groups excluding tert-OH is 1. The number of hydrogen-bond donors (Lipinski definition) is 2. The molecule has 0 radical (unpaired) electrons. The summed E-state index contributed by atoms with van der Waals surface area (Å²) in [4.78, 5) is 27.0. The highest BCUT2D eigenvalue weighted by Gasteiger charge is 2.44. The average Bonchev–Trinajstić information content (AvgIpc) is 2.87. The maximum absolute atomic E-state index is 12.8. The molecule has 3 rings (SSSR count). The van der Waals surface area contributed by atoms with Gasteiger partial charge in [0.2, 0.25) is 0 Å². The van der Waals surface area contributed by atoms with Crippen LogP contribution in [0.4, 0.5) is 5.69 Å². The number of aromatic hydroxyl groups is 1. The number of carbonyl (C=O) groups excluding carboxylic acids is 2. The molecule has 0 fully saturated rings. The second-order valence-electron chi connectivity index (χ2n) is 6.93. The molecule has 1 heterocycles. The first-order valence-electron chi connectivity index (χ1n) is 8.64. The molecule has 2 aromatic rings. The van der Waals surface area contributed by atoms with Crippen molar-refractivity contribution in [1.29, 1.82) is 0 Å². The molecule has 1 aliphatic heterocycles. The van der Waals surface area contributed by atoms with Crippen molar-refractivity contribution < 1.29 is 19.8 Å². The van der Waals surface area contributed by atoms with E-state index in [4.69, 9.17) is 11.6 Å². The Kier molecular flexibility index (Phi) is 5.24. The summed E-state index contributed by atoms with van der Waals surface area (Å²) in [7, 11) is 0. The molecule has 5 nitrogen and oxygen atoms in total. The Hall–Kier alpha value is -2.79. The van der Waals surface area contributed by atoms with Crippen LogP contribution in [0.5, 0.6) is 5.75 Å². The van der Waals surface area contributed by atoms with Crippen LogP contribution in [0.2, 0.25) is 5.02 Å². The molecular formula is C21H20ClNO4. The number of anilines is 1. The van der Waals surface area contributed by atoms with Crippen molar-refractivity contribution in [2.24, 2.45) is 5.92 Å². The highest BCUT2D eigenvalue weighted by atomic mass is 35.5. The van der Waals surface area contributed by atoms with Crippen molar-refractivity contribution in [3.8, 4) is 5.75 Å². The van der Waals surface area contributed by atoms with Crippen molar-refractivity contribution in [2.45, 2.75) is 26.3 Å². The number of hydrogen-bond acceptors (Lipinski definition) is 4. The van der Waals surface area contributed by atoms with E-state index in [1.165, 1.54) is 17.0 Å². The highest BCUT2D eigenvalue weighted by Crippen LogP contribution is 2.42. The maximum Gasteiger partial charge on any atom is 0.294 e. The molecule has 2 aromatic carbocycles.